The summed E-state index contributed by atoms with van der Waals surface area (Å²) < 4.78 is 81.2. The first-order valence-corrected chi connectivity index (χ1v) is 7.80. The fourth-order valence-electron chi connectivity index (χ4n) is 2.39. The first-order valence-electron chi connectivity index (χ1n) is 7.80. The molecule has 0 aliphatic carbocycles. The second kappa shape index (κ2) is 8.23. The Morgan fingerprint density at radius 3 is 1.92 bits per heavy atom. The third-order valence-electron chi connectivity index (χ3n) is 3.74. The van der Waals surface area contributed by atoms with Crippen molar-refractivity contribution in [3.05, 3.63) is 76.1 Å². The molecule has 2 rings (SSSR count). The first-order chi connectivity index (χ1) is 11.8. The predicted molar refractivity (Wildman–Crippen MR) is 84.1 cm³/mol. The Morgan fingerprint density at radius 2 is 1.40 bits per heavy atom. The Morgan fingerprint density at radius 1 is 0.840 bits per heavy atom. The van der Waals surface area contributed by atoms with E-state index in [0.717, 1.165) is 24.3 Å². The highest BCUT2D eigenvalue weighted by molar-refractivity contribution is 5.59. The number of hydrogen-bond acceptors (Lipinski definition) is 0. The number of aryl methyl sites for hydroxylation is 1. The van der Waals surface area contributed by atoms with Crippen LogP contribution in [0, 0.1) is 29.1 Å². The van der Waals surface area contributed by atoms with Crippen molar-refractivity contribution >= 4 is 5.83 Å². The van der Waals surface area contributed by atoms with E-state index in [9.17, 15) is 26.3 Å². The average Bonchev–Trinajstić information content (AvgIpc) is 2.56. The molecule has 0 aromatic heterocycles. The molecule has 0 saturated carbocycles. The van der Waals surface area contributed by atoms with Gasteiger partial charge in [-0.1, -0.05) is 13.3 Å². The Bertz CT molecular complexity index is 748. The molecule has 25 heavy (non-hydrogen) atoms. The topological polar surface area (TPSA) is 0 Å². The zero-order valence-corrected chi connectivity index (χ0v) is 13.5. The molecule has 0 aliphatic heterocycles. The number of unbranched alkanes of at least 4 members (excludes halogenated alkanes) is 1. The number of hydrogen-bond donors (Lipinski definition) is 0. The molecule has 6 heteroatoms. The maximum absolute atomic E-state index is 14.1. The SMILES string of the molecule is CCC/C=C(/F)c1cc(F)c(CCc2cc(F)c(F)c(F)c2)c(F)c1. The molecule has 0 fully saturated rings. The first kappa shape index (κ1) is 19.1. The van der Waals surface area contributed by atoms with Crippen molar-refractivity contribution in [3.63, 3.8) is 0 Å². The van der Waals surface area contributed by atoms with Crippen LogP contribution in [0.5, 0.6) is 0 Å². The molecule has 0 atom stereocenters. The molecule has 0 saturated heterocycles. The van der Waals surface area contributed by atoms with Crippen LogP contribution in [0.25, 0.3) is 5.83 Å². The minimum absolute atomic E-state index is 0.0632. The second-order valence-corrected chi connectivity index (χ2v) is 5.63. The summed E-state index contributed by atoms with van der Waals surface area (Å²) in [7, 11) is 0. The van der Waals surface area contributed by atoms with E-state index < -0.39 is 34.9 Å². The maximum Gasteiger partial charge on any atom is 0.194 e. The van der Waals surface area contributed by atoms with Gasteiger partial charge in [0.1, 0.15) is 17.5 Å². The van der Waals surface area contributed by atoms with Crippen LogP contribution in [-0.2, 0) is 12.8 Å². The van der Waals surface area contributed by atoms with Gasteiger partial charge in [-0.15, -0.1) is 0 Å². The summed E-state index contributed by atoms with van der Waals surface area (Å²) in [5.41, 5.74) is -0.462. The Hall–Kier alpha value is -2.24. The van der Waals surface area contributed by atoms with Crippen molar-refractivity contribution in [2.24, 2.45) is 0 Å². The zero-order valence-electron chi connectivity index (χ0n) is 13.5. The van der Waals surface area contributed by atoms with Gasteiger partial charge in [0.15, 0.2) is 17.5 Å². The van der Waals surface area contributed by atoms with Gasteiger partial charge >= 0.3 is 0 Å². The minimum Gasteiger partial charge on any atom is -0.207 e. The summed E-state index contributed by atoms with van der Waals surface area (Å²) in [4.78, 5) is 0. The van der Waals surface area contributed by atoms with E-state index in [1.165, 1.54) is 6.08 Å². The quantitative estimate of drug-likeness (QED) is 0.421. The number of allylic oxidation sites excluding steroid dienone is 1. The van der Waals surface area contributed by atoms with Crippen LogP contribution in [0.15, 0.2) is 30.3 Å². The van der Waals surface area contributed by atoms with E-state index in [4.69, 9.17) is 0 Å². The van der Waals surface area contributed by atoms with Crippen molar-refractivity contribution < 1.29 is 26.3 Å². The molecular formula is C19H16F6. The fraction of sp³-hybridized carbons (Fsp3) is 0.263. The normalized spacial score (nSPS) is 11.9. The summed E-state index contributed by atoms with van der Waals surface area (Å²) in [5, 5.41) is 0. The Labute approximate surface area is 141 Å². The highest BCUT2D eigenvalue weighted by atomic mass is 19.2. The van der Waals surface area contributed by atoms with Gasteiger partial charge in [-0.05, 0) is 55.2 Å². The molecule has 0 amide bonds. The van der Waals surface area contributed by atoms with Crippen LogP contribution < -0.4 is 0 Å². The zero-order chi connectivity index (χ0) is 18.6. The van der Waals surface area contributed by atoms with Crippen LogP contribution in [0.1, 0.15) is 36.5 Å². The van der Waals surface area contributed by atoms with Crippen LogP contribution in [0.2, 0.25) is 0 Å². The molecule has 2 aromatic carbocycles. The summed E-state index contributed by atoms with van der Waals surface area (Å²) in [6.07, 6.45) is 2.08. The van der Waals surface area contributed by atoms with Gasteiger partial charge in [-0.2, -0.15) is 0 Å². The van der Waals surface area contributed by atoms with Crippen LogP contribution >= 0.6 is 0 Å². The van der Waals surface area contributed by atoms with Crippen molar-refractivity contribution in [3.8, 4) is 0 Å². The standard InChI is InChI=1S/C19H16F6/c1-2-3-4-14(20)12-9-15(21)13(16(22)10-12)6-5-11-7-17(23)19(25)18(24)8-11/h4,7-10H,2-3,5-6H2,1H3/b14-4+. The van der Waals surface area contributed by atoms with Gasteiger partial charge in [-0.25, -0.2) is 26.3 Å². The lowest BCUT2D eigenvalue weighted by Crippen LogP contribution is -2.02. The molecule has 0 spiro atoms. The van der Waals surface area contributed by atoms with E-state index in [0.29, 0.717) is 12.8 Å². The molecular weight excluding hydrogens is 342 g/mol. The van der Waals surface area contributed by atoms with Gasteiger partial charge < -0.3 is 0 Å². The molecule has 0 aliphatic rings. The van der Waals surface area contributed by atoms with Gasteiger partial charge in [0.25, 0.3) is 0 Å². The number of halogens is 6. The van der Waals surface area contributed by atoms with Gasteiger partial charge in [0.2, 0.25) is 0 Å². The van der Waals surface area contributed by atoms with Crippen LogP contribution in [0.3, 0.4) is 0 Å². The molecule has 0 N–H and O–H groups in total. The molecule has 0 unspecified atom stereocenters. The van der Waals surface area contributed by atoms with E-state index >= 15 is 0 Å². The van der Waals surface area contributed by atoms with E-state index in [-0.39, 0.29) is 29.5 Å². The van der Waals surface area contributed by atoms with E-state index in [2.05, 4.69) is 0 Å². The van der Waals surface area contributed by atoms with E-state index in [1.807, 2.05) is 6.92 Å². The van der Waals surface area contributed by atoms with E-state index in [1.54, 1.807) is 0 Å². The van der Waals surface area contributed by atoms with Crippen molar-refractivity contribution in [2.75, 3.05) is 0 Å². The monoisotopic (exact) mass is 358 g/mol. The van der Waals surface area contributed by atoms with Crippen LogP contribution in [-0.4, -0.2) is 0 Å². The number of rotatable bonds is 6. The summed E-state index contributed by atoms with van der Waals surface area (Å²) in [6, 6.07) is 3.31. The van der Waals surface area contributed by atoms with Crippen LogP contribution in [0.4, 0.5) is 26.3 Å². The van der Waals surface area contributed by atoms with Gasteiger partial charge in [-0.3, -0.25) is 0 Å². The fourth-order valence-corrected chi connectivity index (χ4v) is 2.39. The summed E-state index contributed by atoms with van der Waals surface area (Å²) >= 11 is 0. The average molecular weight is 358 g/mol. The van der Waals surface area contributed by atoms with Crippen molar-refractivity contribution in [1.29, 1.82) is 0 Å². The van der Waals surface area contributed by atoms with Gasteiger partial charge in [0.05, 0.1) is 0 Å². The summed E-state index contributed by atoms with van der Waals surface area (Å²) in [6.45, 7) is 1.84. The largest absolute Gasteiger partial charge is 0.207 e. The predicted octanol–water partition coefficient (Wildman–Crippen LogP) is 6.28. The van der Waals surface area contributed by atoms with Gasteiger partial charge in [0, 0.05) is 11.1 Å². The lowest BCUT2D eigenvalue weighted by Gasteiger charge is -2.08. The maximum atomic E-state index is 14.1. The lowest BCUT2D eigenvalue weighted by atomic mass is 10.0. The lowest BCUT2D eigenvalue weighted by molar-refractivity contribution is 0.445. The molecule has 0 bridgehead atoms. The third kappa shape index (κ3) is 4.65. The molecule has 0 nitrogen and oxygen atoms in total. The minimum atomic E-state index is -1.60. The van der Waals surface area contributed by atoms with Crippen molar-refractivity contribution in [1.82, 2.24) is 0 Å². The molecule has 0 heterocycles. The highest BCUT2D eigenvalue weighted by Crippen LogP contribution is 2.24. The second-order valence-electron chi connectivity index (χ2n) is 5.63. The smallest absolute Gasteiger partial charge is 0.194 e. The Balaban J connectivity index is 2.21. The third-order valence-corrected chi connectivity index (χ3v) is 3.74. The Kier molecular flexibility index (Phi) is 6.28. The molecule has 2 aromatic rings. The molecule has 0 radical (unpaired) electrons. The molecule has 134 valence electrons. The number of benzene rings is 2. The highest BCUT2D eigenvalue weighted by Gasteiger charge is 2.15. The van der Waals surface area contributed by atoms with Crippen molar-refractivity contribution in [2.45, 2.75) is 32.6 Å². The summed E-state index contributed by atoms with van der Waals surface area (Å²) in [5.74, 6) is -6.94.